The Morgan fingerprint density at radius 3 is 2.47 bits per heavy atom. The van der Waals surface area contributed by atoms with Crippen LogP contribution in [0.25, 0.3) is 0 Å². The number of amides is 2. The fourth-order valence-corrected chi connectivity index (χ4v) is 3.85. The summed E-state index contributed by atoms with van der Waals surface area (Å²) in [7, 11) is 1.58. The van der Waals surface area contributed by atoms with Crippen molar-refractivity contribution in [2.75, 3.05) is 18.2 Å². The Balaban J connectivity index is 1.56. The van der Waals surface area contributed by atoms with Gasteiger partial charge in [-0.2, -0.15) is 0 Å². The fraction of sp³-hybridized carbons (Fsp3) is 0.304. The number of thioether (sulfide) groups is 1. The predicted molar refractivity (Wildman–Crippen MR) is 125 cm³/mol. The van der Waals surface area contributed by atoms with E-state index in [1.807, 2.05) is 43.5 Å². The number of nitrogens with zero attached hydrogens (tertiary/aromatic N) is 3. The SMILES string of the molecule is CCn1c(CNC(=O)c2ccc(OC)cc2)nnc1SCC(=O)Nc1ccc(C)c(C)c1. The first-order valence-corrected chi connectivity index (χ1v) is 11.2. The maximum Gasteiger partial charge on any atom is 0.251 e. The minimum atomic E-state index is -0.208. The van der Waals surface area contributed by atoms with Crippen LogP contribution < -0.4 is 15.4 Å². The summed E-state index contributed by atoms with van der Waals surface area (Å²) in [6.45, 7) is 6.88. The van der Waals surface area contributed by atoms with Crippen LogP contribution in [0, 0.1) is 13.8 Å². The van der Waals surface area contributed by atoms with Crippen molar-refractivity contribution in [1.82, 2.24) is 20.1 Å². The molecule has 8 nitrogen and oxygen atoms in total. The molecule has 0 saturated carbocycles. The van der Waals surface area contributed by atoms with E-state index in [-0.39, 0.29) is 24.1 Å². The van der Waals surface area contributed by atoms with Crippen LogP contribution in [0.4, 0.5) is 5.69 Å². The normalized spacial score (nSPS) is 10.6. The third-order valence-electron chi connectivity index (χ3n) is 4.99. The van der Waals surface area contributed by atoms with Gasteiger partial charge in [-0.25, -0.2) is 0 Å². The number of hydrogen-bond donors (Lipinski definition) is 2. The Morgan fingerprint density at radius 2 is 1.81 bits per heavy atom. The highest BCUT2D eigenvalue weighted by atomic mass is 32.2. The lowest BCUT2D eigenvalue weighted by atomic mass is 10.1. The fourth-order valence-electron chi connectivity index (χ4n) is 3.02. The maximum absolute atomic E-state index is 12.4. The van der Waals surface area contributed by atoms with E-state index in [9.17, 15) is 9.59 Å². The third kappa shape index (κ3) is 5.88. The summed E-state index contributed by atoms with van der Waals surface area (Å²) in [6, 6.07) is 12.7. The van der Waals surface area contributed by atoms with Gasteiger partial charge in [0.25, 0.3) is 5.91 Å². The molecule has 2 N–H and O–H groups in total. The molecule has 2 aromatic carbocycles. The third-order valence-corrected chi connectivity index (χ3v) is 5.96. The van der Waals surface area contributed by atoms with Gasteiger partial charge in [0.05, 0.1) is 19.4 Å². The van der Waals surface area contributed by atoms with Crippen LogP contribution in [0.1, 0.15) is 34.2 Å². The first-order chi connectivity index (χ1) is 15.4. The standard InChI is InChI=1S/C23H27N5O3S/c1-5-28-20(13-24-22(30)17-7-10-19(31-4)11-8-17)26-27-23(28)32-14-21(29)25-18-9-6-15(2)16(3)12-18/h6-12H,5,13-14H2,1-4H3,(H,24,30)(H,25,29). The molecule has 1 heterocycles. The average molecular weight is 454 g/mol. The molecule has 2 amide bonds. The molecule has 0 aliphatic rings. The molecule has 3 aromatic rings. The molecule has 3 rings (SSSR count). The van der Waals surface area contributed by atoms with E-state index in [2.05, 4.69) is 20.8 Å². The molecule has 0 unspecified atom stereocenters. The van der Waals surface area contributed by atoms with Crippen molar-refractivity contribution in [1.29, 1.82) is 0 Å². The van der Waals surface area contributed by atoms with Crippen molar-refractivity contribution in [2.24, 2.45) is 0 Å². The van der Waals surface area contributed by atoms with Gasteiger partial charge in [0.1, 0.15) is 5.75 Å². The van der Waals surface area contributed by atoms with Gasteiger partial charge in [0, 0.05) is 17.8 Å². The summed E-state index contributed by atoms with van der Waals surface area (Å²) in [5.41, 5.74) is 3.62. The Kier molecular flexibility index (Phi) is 7.88. The minimum Gasteiger partial charge on any atom is -0.497 e. The molecule has 0 aliphatic heterocycles. The maximum atomic E-state index is 12.4. The van der Waals surface area contributed by atoms with Crippen molar-refractivity contribution in [2.45, 2.75) is 39.0 Å². The molecule has 168 valence electrons. The van der Waals surface area contributed by atoms with E-state index in [4.69, 9.17) is 4.74 Å². The molecule has 0 fully saturated rings. The highest BCUT2D eigenvalue weighted by Crippen LogP contribution is 2.19. The van der Waals surface area contributed by atoms with Gasteiger partial charge < -0.3 is 19.9 Å². The number of anilines is 1. The second-order valence-electron chi connectivity index (χ2n) is 7.19. The predicted octanol–water partition coefficient (Wildman–Crippen LogP) is 3.58. The number of carbonyl (C=O) groups is 2. The molecule has 0 spiro atoms. The van der Waals surface area contributed by atoms with Gasteiger partial charge in [-0.3, -0.25) is 9.59 Å². The highest BCUT2D eigenvalue weighted by Gasteiger charge is 2.15. The first-order valence-electron chi connectivity index (χ1n) is 10.3. The summed E-state index contributed by atoms with van der Waals surface area (Å²) < 4.78 is 7.00. The van der Waals surface area contributed by atoms with Gasteiger partial charge in [0.15, 0.2) is 11.0 Å². The van der Waals surface area contributed by atoms with Crippen LogP contribution in [-0.4, -0.2) is 39.4 Å². The Labute approximate surface area is 191 Å². The van der Waals surface area contributed by atoms with Crippen molar-refractivity contribution < 1.29 is 14.3 Å². The van der Waals surface area contributed by atoms with Crippen LogP contribution in [-0.2, 0) is 17.9 Å². The first kappa shape index (κ1) is 23.3. The van der Waals surface area contributed by atoms with Gasteiger partial charge >= 0.3 is 0 Å². The molecular formula is C23H27N5O3S. The largest absolute Gasteiger partial charge is 0.497 e. The quantitative estimate of drug-likeness (QED) is 0.481. The summed E-state index contributed by atoms with van der Waals surface area (Å²) in [4.78, 5) is 24.7. The molecule has 0 atom stereocenters. The van der Waals surface area contributed by atoms with E-state index < -0.39 is 0 Å². The Morgan fingerprint density at radius 1 is 1.06 bits per heavy atom. The Bertz CT molecular complexity index is 1100. The van der Waals surface area contributed by atoms with Crippen LogP contribution in [0.15, 0.2) is 47.6 Å². The number of aryl methyl sites for hydroxylation is 2. The molecule has 32 heavy (non-hydrogen) atoms. The lowest BCUT2D eigenvalue weighted by Crippen LogP contribution is -2.24. The van der Waals surface area contributed by atoms with Crippen molar-refractivity contribution in [3.63, 3.8) is 0 Å². The van der Waals surface area contributed by atoms with Crippen molar-refractivity contribution in [3.05, 3.63) is 65.0 Å². The molecule has 0 saturated heterocycles. The summed E-state index contributed by atoms with van der Waals surface area (Å²) >= 11 is 1.31. The number of nitrogens with one attached hydrogen (secondary N) is 2. The number of carbonyl (C=O) groups excluding carboxylic acids is 2. The molecule has 0 aliphatic carbocycles. The Hall–Kier alpha value is -3.33. The molecule has 0 radical (unpaired) electrons. The number of aromatic nitrogens is 3. The second-order valence-corrected chi connectivity index (χ2v) is 8.13. The van der Waals surface area contributed by atoms with E-state index in [0.29, 0.717) is 28.8 Å². The number of ether oxygens (including phenoxy) is 1. The average Bonchev–Trinajstić information content (AvgIpc) is 3.20. The van der Waals surface area contributed by atoms with Gasteiger partial charge in [-0.05, 0) is 68.3 Å². The number of benzene rings is 2. The van der Waals surface area contributed by atoms with E-state index in [0.717, 1.165) is 11.3 Å². The monoisotopic (exact) mass is 453 g/mol. The van der Waals surface area contributed by atoms with E-state index in [1.165, 1.54) is 17.3 Å². The number of methoxy groups -OCH3 is 1. The topological polar surface area (TPSA) is 98.1 Å². The summed E-state index contributed by atoms with van der Waals surface area (Å²) in [5.74, 6) is 1.21. The van der Waals surface area contributed by atoms with E-state index >= 15 is 0 Å². The molecule has 9 heteroatoms. The van der Waals surface area contributed by atoms with Gasteiger partial charge in [-0.1, -0.05) is 17.8 Å². The van der Waals surface area contributed by atoms with Crippen LogP contribution in [0.2, 0.25) is 0 Å². The zero-order chi connectivity index (χ0) is 23.1. The minimum absolute atomic E-state index is 0.113. The summed E-state index contributed by atoms with van der Waals surface area (Å²) in [5, 5.41) is 14.8. The second kappa shape index (κ2) is 10.8. The number of rotatable bonds is 9. The zero-order valence-corrected chi connectivity index (χ0v) is 19.5. The van der Waals surface area contributed by atoms with Crippen LogP contribution in [0.3, 0.4) is 0 Å². The lowest BCUT2D eigenvalue weighted by Gasteiger charge is -2.09. The van der Waals surface area contributed by atoms with Crippen molar-refractivity contribution >= 4 is 29.3 Å². The molecule has 0 bridgehead atoms. The van der Waals surface area contributed by atoms with Crippen LogP contribution in [0.5, 0.6) is 5.75 Å². The van der Waals surface area contributed by atoms with Crippen LogP contribution >= 0.6 is 11.8 Å². The summed E-state index contributed by atoms with van der Waals surface area (Å²) in [6.07, 6.45) is 0. The molecular weight excluding hydrogens is 426 g/mol. The number of hydrogen-bond acceptors (Lipinski definition) is 6. The van der Waals surface area contributed by atoms with Gasteiger partial charge in [0.2, 0.25) is 5.91 Å². The highest BCUT2D eigenvalue weighted by molar-refractivity contribution is 7.99. The lowest BCUT2D eigenvalue weighted by molar-refractivity contribution is -0.113. The van der Waals surface area contributed by atoms with E-state index in [1.54, 1.807) is 31.4 Å². The van der Waals surface area contributed by atoms with Crippen molar-refractivity contribution in [3.8, 4) is 5.75 Å². The molecule has 1 aromatic heterocycles. The smallest absolute Gasteiger partial charge is 0.251 e. The zero-order valence-electron chi connectivity index (χ0n) is 18.6. The van der Waals surface area contributed by atoms with Gasteiger partial charge in [-0.15, -0.1) is 10.2 Å².